The van der Waals surface area contributed by atoms with Crippen LogP contribution in [0.3, 0.4) is 0 Å². The Hall–Kier alpha value is -2.30. The van der Waals surface area contributed by atoms with Crippen LogP contribution in [0.15, 0.2) is 22.7 Å². The SMILES string of the molecule is Cc1noc(C)c1COc1cccc(C(=O)O)c1C. The first kappa shape index (κ1) is 13.1. The monoisotopic (exact) mass is 261 g/mol. The second-order valence-corrected chi connectivity index (χ2v) is 4.33. The van der Waals surface area contributed by atoms with E-state index in [9.17, 15) is 4.79 Å². The summed E-state index contributed by atoms with van der Waals surface area (Å²) in [4.78, 5) is 11.0. The van der Waals surface area contributed by atoms with Gasteiger partial charge in [-0.25, -0.2) is 4.79 Å². The molecular formula is C14H15NO4. The number of aromatic nitrogens is 1. The summed E-state index contributed by atoms with van der Waals surface area (Å²) in [5.41, 5.74) is 2.53. The highest BCUT2D eigenvalue weighted by molar-refractivity contribution is 5.90. The van der Waals surface area contributed by atoms with Crippen molar-refractivity contribution in [2.75, 3.05) is 0 Å². The average Bonchev–Trinajstić information content (AvgIpc) is 2.68. The van der Waals surface area contributed by atoms with Crippen LogP contribution in [-0.4, -0.2) is 16.2 Å². The van der Waals surface area contributed by atoms with Crippen molar-refractivity contribution in [2.45, 2.75) is 27.4 Å². The quantitative estimate of drug-likeness (QED) is 0.916. The minimum atomic E-state index is -0.958. The number of hydrogen-bond donors (Lipinski definition) is 1. The Labute approximate surface area is 110 Å². The lowest BCUT2D eigenvalue weighted by Crippen LogP contribution is -2.04. The number of ether oxygens (including phenoxy) is 1. The molecule has 0 aliphatic rings. The van der Waals surface area contributed by atoms with E-state index in [1.807, 2.05) is 13.8 Å². The zero-order chi connectivity index (χ0) is 14.0. The first-order chi connectivity index (χ1) is 9.00. The zero-order valence-corrected chi connectivity index (χ0v) is 11.1. The van der Waals surface area contributed by atoms with E-state index < -0.39 is 5.97 Å². The van der Waals surface area contributed by atoms with Gasteiger partial charge in [-0.2, -0.15) is 0 Å². The van der Waals surface area contributed by atoms with Crippen molar-refractivity contribution in [3.8, 4) is 5.75 Å². The zero-order valence-electron chi connectivity index (χ0n) is 11.1. The molecule has 0 saturated carbocycles. The predicted molar refractivity (Wildman–Crippen MR) is 68.4 cm³/mol. The summed E-state index contributed by atoms with van der Waals surface area (Å²) in [5.74, 6) is 0.310. The van der Waals surface area contributed by atoms with Gasteiger partial charge in [0.25, 0.3) is 0 Å². The van der Waals surface area contributed by atoms with Gasteiger partial charge in [0.05, 0.1) is 16.8 Å². The highest BCUT2D eigenvalue weighted by Crippen LogP contribution is 2.23. The molecule has 19 heavy (non-hydrogen) atoms. The van der Waals surface area contributed by atoms with Crippen LogP contribution in [0.25, 0.3) is 0 Å². The van der Waals surface area contributed by atoms with Crippen molar-refractivity contribution in [3.63, 3.8) is 0 Å². The first-order valence-corrected chi connectivity index (χ1v) is 5.88. The molecule has 0 aliphatic carbocycles. The standard InChI is InChI=1S/C14H15NO4/c1-8-11(14(16)17)5-4-6-13(8)18-7-12-9(2)15-19-10(12)3/h4-6H,7H2,1-3H3,(H,16,17). The molecule has 0 fully saturated rings. The predicted octanol–water partition coefficient (Wildman–Crippen LogP) is 2.88. The molecule has 0 bridgehead atoms. The maximum absolute atomic E-state index is 11.0. The number of carboxylic acids is 1. The second kappa shape index (κ2) is 5.14. The summed E-state index contributed by atoms with van der Waals surface area (Å²) in [7, 11) is 0. The lowest BCUT2D eigenvalue weighted by atomic mass is 10.1. The normalized spacial score (nSPS) is 10.5. The Morgan fingerprint density at radius 3 is 2.68 bits per heavy atom. The van der Waals surface area contributed by atoms with E-state index in [4.69, 9.17) is 14.4 Å². The van der Waals surface area contributed by atoms with Crippen LogP contribution in [0.1, 0.15) is 32.9 Å². The third-order valence-corrected chi connectivity index (χ3v) is 3.07. The minimum Gasteiger partial charge on any atom is -0.488 e. The molecular weight excluding hydrogens is 246 g/mol. The van der Waals surface area contributed by atoms with Gasteiger partial charge in [0.1, 0.15) is 18.1 Å². The van der Waals surface area contributed by atoms with Gasteiger partial charge in [0.15, 0.2) is 0 Å². The summed E-state index contributed by atoms with van der Waals surface area (Å²) in [6.45, 7) is 5.70. The molecule has 100 valence electrons. The van der Waals surface area contributed by atoms with Crippen molar-refractivity contribution in [1.29, 1.82) is 0 Å². The molecule has 1 aromatic carbocycles. The number of aromatic carboxylic acids is 1. The molecule has 2 aromatic rings. The van der Waals surface area contributed by atoms with Crippen LogP contribution in [0.4, 0.5) is 0 Å². The Morgan fingerprint density at radius 1 is 1.37 bits per heavy atom. The molecule has 1 heterocycles. The van der Waals surface area contributed by atoms with Crippen molar-refractivity contribution in [2.24, 2.45) is 0 Å². The molecule has 0 spiro atoms. The van der Waals surface area contributed by atoms with Gasteiger partial charge in [-0.15, -0.1) is 0 Å². The Kier molecular flexibility index (Phi) is 3.55. The van der Waals surface area contributed by atoms with Crippen molar-refractivity contribution in [3.05, 3.63) is 46.3 Å². The van der Waals surface area contributed by atoms with Crippen LogP contribution in [0, 0.1) is 20.8 Å². The number of carbonyl (C=O) groups is 1. The van der Waals surface area contributed by atoms with Gasteiger partial charge in [-0.05, 0) is 32.9 Å². The highest BCUT2D eigenvalue weighted by atomic mass is 16.5. The average molecular weight is 261 g/mol. The fraction of sp³-hybridized carbons (Fsp3) is 0.286. The molecule has 0 saturated heterocycles. The smallest absolute Gasteiger partial charge is 0.336 e. The molecule has 0 atom stereocenters. The fourth-order valence-electron chi connectivity index (χ4n) is 1.86. The van der Waals surface area contributed by atoms with Crippen molar-refractivity contribution in [1.82, 2.24) is 5.16 Å². The van der Waals surface area contributed by atoms with E-state index in [1.54, 1.807) is 25.1 Å². The van der Waals surface area contributed by atoms with Gasteiger partial charge in [0.2, 0.25) is 0 Å². The van der Waals surface area contributed by atoms with E-state index in [2.05, 4.69) is 5.16 Å². The lowest BCUT2D eigenvalue weighted by Gasteiger charge is -2.10. The van der Waals surface area contributed by atoms with Gasteiger partial charge in [-0.3, -0.25) is 0 Å². The van der Waals surface area contributed by atoms with E-state index in [0.717, 1.165) is 11.3 Å². The van der Waals surface area contributed by atoms with Crippen molar-refractivity contribution >= 4 is 5.97 Å². The Morgan fingerprint density at radius 2 is 2.11 bits per heavy atom. The number of hydrogen-bond acceptors (Lipinski definition) is 4. The van der Waals surface area contributed by atoms with Gasteiger partial charge in [0, 0.05) is 5.56 Å². The molecule has 5 heteroatoms. The number of nitrogens with zero attached hydrogens (tertiary/aromatic N) is 1. The number of carboxylic acid groups (broad SMARTS) is 1. The summed E-state index contributed by atoms with van der Waals surface area (Å²) in [6.07, 6.45) is 0. The van der Waals surface area contributed by atoms with Crippen LogP contribution < -0.4 is 4.74 Å². The van der Waals surface area contributed by atoms with Crippen LogP contribution in [0.2, 0.25) is 0 Å². The number of rotatable bonds is 4. The maximum atomic E-state index is 11.0. The van der Waals surface area contributed by atoms with E-state index in [1.165, 1.54) is 0 Å². The maximum Gasteiger partial charge on any atom is 0.336 e. The highest BCUT2D eigenvalue weighted by Gasteiger charge is 2.13. The van der Waals surface area contributed by atoms with E-state index in [-0.39, 0.29) is 5.56 Å². The summed E-state index contributed by atoms with van der Waals surface area (Å²) in [6, 6.07) is 4.97. The van der Waals surface area contributed by atoms with Crippen LogP contribution >= 0.6 is 0 Å². The Bertz CT molecular complexity index is 596. The van der Waals surface area contributed by atoms with Gasteiger partial charge in [-0.1, -0.05) is 11.2 Å². The van der Waals surface area contributed by atoms with Gasteiger partial charge < -0.3 is 14.4 Å². The molecule has 1 aromatic heterocycles. The second-order valence-electron chi connectivity index (χ2n) is 4.33. The third kappa shape index (κ3) is 2.59. The first-order valence-electron chi connectivity index (χ1n) is 5.88. The van der Waals surface area contributed by atoms with Crippen LogP contribution in [0.5, 0.6) is 5.75 Å². The topological polar surface area (TPSA) is 72.6 Å². The van der Waals surface area contributed by atoms with Crippen LogP contribution in [-0.2, 0) is 6.61 Å². The fourth-order valence-corrected chi connectivity index (χ4v) is 1.86. The lowest BCUT2D eigenvalue weighted by molar-refractivity contribution is 0.0695. The summed E-state index contributed by atoms with van der Waals surface area (Å²) in [5, 5.41) is 12.9. The van der Waals surface area contributed by atoms with E-state index in [0.29, 0.717) is 23.7 Å². The van der Waals surface area contributed by atoms with Gasteiger partial charge >= 0.3 is 5.97 Å². The summed E-state index contributed by atoms with van der Waals surface area (Å²) >= 11 is 0. The van der Waals surface area contributed by atoms with Crippen molar-refractivity contribution < 1.29 is 19.2 Å². The molecule has 0 amide bonds. The molecule has 0 unspecified atom stereocenters. The third-order valence-electron chi connectivity index (χ3n) is 3.07. The largest absolute Gasteiger partial charge is 0.488 e. The summed E-state index contributed by atoms with van der Waals surface area (Å²) < 4.78 is 10.7. The minimum absolute atomic E-state index is 0.247. The molecule has 1 N–H and O–H groups in total. The molecule has 0 radical (unpaired) electrons. The van der Waals surface area contributed by atoms with E-state index >= 15 is 0 Å². The number of benzene rings is 1. The Balaban J connectivity index is 2.21. The number of aryl methyl sites for hydroxylation is 2. The molecule has 2 rings (SSSR count). The molecule has 0 aliphatic heterocycles. The molecule has 5 nitrogen and oxygen atoms in total.